The summed E-state index contributed by atoms with van der Waals surface area (Å²) in [6, 6.07) is 14.5. The average molecular weight is 398 g/mol. The first-order valence-corrected chi connectivity index (χ1v) is 9.54. The molecule has 3 aromatic rings. The van der Waals surface area contributed by atoms with Crippen molar-refractivity contribution in [1.29, 1.82) is 0 Å². The molecule has 2 heterocycles. The molecule has 1 aliphatic rings. The van der Waals surface area contributed by atoms with Crippen LogP contribution in [0.1, 0.15) is 35.0 Å². The summed E-state index contributed by atoms with van der Waals surface area (Å²) in [5.41, 5.74) is 1.50. The van der Waals surface area contributed by atoms with E-state index in [1.54, 1.807) is 31.4 Å². The predicted octanol–water partition coefficient (Wildman–Crippen LogP) is 4.42. The van der Waals surface area contributed by atoms with Crippen LogP contribution < -0.4 is 4.74 Å². The standard InChI is InChI=1S/C21H20ClN3O3/c1-27-18-10-6-14(7-11-18)19-23-20(28-24-19)16-3-2-12-25(13-16)21(26)15-4-8-17(22)9-5-15/h4-11,16H,2-3,12-13H2,1H3/t16-/m1/s1. The van der Waals surface area contributed by atoms with Gasteiger partial charge in [0.05, 0.1) is 13.0 Å². The first-order chi connectivity index (χ1) is 13.6. The van der Waals surface area contributed by atoms with E-state index in [1.807, 2.05) is 29.2 Å². The third kappa shape index (κ3) is 3.87. The highest BCUT2D eigenvalue weighted by Crippen LogP contribution is 2.29. The molecule has 0 radical (unpaired) electrons. The summed E-state index contributed by atoms with van der Waals surface area (Å²) in [5, 5.41) is 4.73. The van der Waals surface area contributed by atoms with E-state index < -0.39 is 0 Å². The fourth-order valence-electron chi connectivity index (χ4n) is 3.40. The molecule has 0 bridgehead atoms. The van der Waals surface area contributed by atoms with Crippen LogP contribution in [0.2, 0.25) is 5.02 Å². The largest absolute Gasteiger partial charge is 0.497 e. The molecule has 0 N–H and O–H groups in total. The first kappa shape index (κ1) is 18.5. The van der Waals surface area contributed by atoms with Gasteiger partial charge in [-0.05, 0) is 61.4 Å². The van der Waals surface area contributed by atoms with Crippen molar-refractivity contribution in [2.75, 3.05) is 20.2 Å². The van der Waals surface area contributed by atoms with Crippen LogP contribution in [-0.4, -0.2) is 41.1 Å². The van der Waals surface area contributed by atoms with Crippen LogP contribution in [0.15, 0.2) is 53.1 Å². The number of aromatic nitrogens is 2. The summed E-state index contributed by atoms with van der Waals surface area (Å²) in [6.07, 6.45) is 1.80. The Morgan fingerprint density at radius 1 is 1.18 bits per heavy atom. The zero-order valence-corrected chi connectivity index (χ0v) is 16.2. The number of nitrogens with zero attached hydrogens (tertiary/aromatic N) is 3. The van der Waals surface area contributed by atoms with Crippen LogP contribution in [0.4, 0.5) is 0 Å². The minimum Gasteiger partial charge on any atom is -0.497 e. The van der Waals surface area contributed by atoms with E-state index in [4.69, 9.17) is 20.9 Å². The number of methoxy groups -OCH3 is 1. The number of likely N-dealkylation sites (tertiary alicyclic amines) is 1. The molecular weight excluding hydrogens is 378 g/mol. The number of rotatable bonds is 4. The second-order valence-electron chi connectivity index (χ2n) is 6.78. The van der Waals surface area contributed by atoms with Crippen LogP contribution in [0.3, 0.4) is 0 Å². The smallest absolute Gasteiger partial charge is 0.253 e. The van der Waals surface area contributed by atoms with Crippen molar-refractivity contribution in [2.45, 2.75) is 18.8 Å². The van der Waals surface area contributed by atoms with Crippen molar-refractivity contribution in [1.82, 2.24) is 15.0 Å². The van der Waals surface area contributed by atoms with Crippen LogP contribution in [-0.2, 0) is 0 Å². The van der Waals surface area contributed by atoms with Crippen LogP contribution >= 0.6 is 11.6 Å². The van der Waals surface area contributed by atoms with Gasteiger partial charge in [-0.3, -0.25) is 4.79 Å². The quantitative estimate of drug-likeness (QED) is 0.651. The minimum absolute atomic E-state index is 0.00346. The molecule has 0 aliphatic carbocycles. The highest BCUT2D eigenvalue weighted by molar-refractivity contribution is 6.30. The lowest BCUT2D eigenvalue weighted by Gasteiger charge is -2.31. The van der Waals surface area contributed by atoms with Gasteiger partial charge in [0.2, 0.25) is 11.7 Å². The van der Waals surface area contributed by atoms with Gasteiger partial charge in [0.1, 0.15) is 5.75 Å². The topological polar surface area (TPSA) is 68.5 Å². The van der Waals surface area contributed by atoms with Crippen molar-refractivity contribution in [3.05, 3.63) is 65.0 Å². The van der Waals surface area contributed by atoms with Gasteiger partial charge in [-0.15, -0.1) is 0 Å². The highest BCUT2D eigenvalue weighted by atomic mass is 35.5. The van der Waals surface area contributed by atoms with Gasteiger partial charge in [-0.1, -0.05) is 16.8 Å². The second-order valence-corrected chi connectivity index (χ2v) is 7.22. The van der Waals surface area contributed by atoms with Crippen molar-refractivity contribution >= 4 is 17.5 Å². The summed E-state index contributed by atoms with van der Waals surface area (Å²) < 4.78 is 10.7. The molecular formula is C21H20ClN3O3. The zero-order chi connectivity index (χ0) is 19.5. The van der Waals surface area contributed by atoms with E-state index in [0.29, 0.717) is 28.8 Å². The molecule has 144 valence electrons. The van der Waals surface area contributed by atoms with Crippen molar-refractivity contribution in [3.8, 4) is 17.1 Å². The summed E-state index contributed by atoms with van der Waals surface area (Å²) in [5.74, 6) is 1.91. The van der Waals surface area contributed by atoms with E-state index >= 15 is 0 Å². The molecule has 6 nitrogen and oxygen atoms in total. The molecule has 28 heavy (non-hydrogen) atoms. The fourth-order valence-corrected chi connectivity index (χ4v) is 3.52. The number of carbonyl (C=O) groups excluding carboxylic acids is 1. The molecule has 1 saturated heterocycles. The average Bonchev–Trinajstić information content (AvgIpc) is 3.24. The first-order valence-electron chi connectivity index (χ1n) is 9.17. The van der Waals surface area contributed by atoms with Gasteiger partial charge < -0.3 is 14.2 Å². The Hall–Kier alpha value is -2.86. The fraction of sp³-hybridized carbons (Fsp3) is 0.286. The molecule has 1 amide bonds. The number of carbonyl (C=O) groups is 1. The number of piperidine rings is 1. The van der Waals surface area contributed by atoms with E-state index in [2.05, 4.69) is 10.1 Å². The number of hydrogen-bond donors (Lipinski definition) is 0. The SMILES string of the molecule is COc1ccc(-c2noc([C@@H]3CCCN(C(=O)c4ccc(Cl)cc4)C3)n2)cc1. The lowest BCUT2D eigenvalue weighted by molar-refractivity contribution is 0.0695. The summed E-state index contributed by atoms with van der Waals surface area (Å²) in [6.45, 7) is 1.28. The van der Waals surface area contributed by atoms with Crippen molar-refractivity contribution < 1.29 is 14.1 Å². The van der Waals surface area contributed by atoms with E-state index in [9.17, 15) is 4.79 Å². The number of benzene rings is 2. The third-order valence-corrected chi connectivity index (χ3v) is 5.19. The molecule has 7 heteroatoms. The summed E-state index contributed by atoms with van der Waals surface area (Å²) in [7, 11) is 1.63. The predicted molar refractivity (Wildman–Crippen MR) is 106 cm³/mol. The monoisotopic (exact) mass is 397 g/mol. The molecule has 1 aromatic heterocycles. The Balaban J connectivity index is 1.48. The summed E-state index contributed by atoms with van der Waals surface area (Å²) >= 11 is 5.92. The molecule has 0 unspecified atom stereocenters. The van der Waals surface area contributed by atoms with E-state index in [-0.39, 0.29) is 11.8 Å². The van der Waals surface area contributed by atoms with Crippen LogP contribution in [0, 0.1) is 0 Å². The highest BCUT2D eigenvalue weighted by Gasteiger charge is 2.29. The maximum absolute atomic E-state index is 12.8. The zero-order valence-electron chi connectivity index (χ0n) is 15.5. The minimum atomic E-state index is -0.00346. The molecule has 0 saturated carbocycles. The van der Waals surface area contributed by atoms with E-state index in [1.165, 1.54) is 0 Å². The summed E-state index contributed by atoms with van der Waals surface area (Å²) in [4.78, 5) is 19.2. The number of amides is 1. The molecule has 4 rings (SSSR count). The molecule has 1 fully saturated rings. The Morgan fingerprint density at radius 2 is 1.93 bits per heavy atom. The molecule has 1 atom stereocenters. The maximum atomic E-state index is 12.8. The second kappa shape index (κ2) is 8.02. The van der Waals surface area contributed by atoms with Crippen LogP contribution in [0.5, 0.6) is 5.75 Å². The molecule has 1 aliphatic heterocycles. The normalized spacial score (nSPS) is 16.8. The molecule has 2 aromatic carbocycles. The van der Waals surface area contributed by atoms with Crippen molar-refractivity contribution in [2.24, 2.45) is 0 Å². The van der Waals surface area contributed by atoms with Gasteiger partial charge in [0, 0.05) is 29.2 Å². The van der Waals surface area contributed by atoms with Crippen LogP contribution in [0.25, 0.3) is 11.4 Å². The lowest BCUT2D eigenvalue weighted by Crippen LogP contribution is -2.39. The maximum Gasteiger partial charge on any atom is 0.253 e. The lowest BCUT2D eigenvalue weighted by atomic mass is 9.97. The van der Waals surface area contributed by atoms with E-state index in [0.717, 1.165) is 30.7 Å². The van der Waals surface area contributed by atoms with Gasteiger partial charge in [0.15, 0.2) is 0 Å². The molecule has 0 spiro atoms. The van der Waals surface area contributed by atoms with Crippen molar-refractivity contribution in [3.63, 3.8) is 0 Å². The van der Waals surface area contributed by atoms with Gasteiger partial charge in [-0.2, -0.15) is 4.98 Å². The Labute approximate surface area is 168 Å². The number of halogens is 1. The van der Waals surface area contributed by atoms with Gasteiger partial charge in [-0.25, -0.2) is 0 Å². The third-order valence-electron chi connectivity index (χ3n) is 4.94. The number of ether oxygens (including phenoxy) is 1. The number of hydrogen-bond acceptors (Lipinski definition) is 5. The van der Waals surface area contributed by atoms with Gasteiger partial charge >= 0.3 is 0 Å². The Bertz CT molecular complexity index is 954. The Kier molecular flexibility index (Phi) is 5.30. The van der Waals surface area contributed by atoms with Gasteiger partial charge in [0.25, 0.3) is 5.91 Å². The Morgan fingerprint density at radius 3 is 2.64 bits per heavy atom.